The van der Waals surface area contributed by atoms with Gasteiger partial charge in [-0.15, -0.1) is 0 Å². The van der Waals surface area contributed by atoms with E-state index < -0.39 is 0 Å². The Morgan fingerprint density at radius 2 is 2.00 bits per heavy atom. The monoisotopic (exact) mass is 278 g/mol. The molecule has 1 aromatic heterocycles. The number of methoxy groups -OCH3 is 1. The highest BCUT2D eigenvalue weighted by Crippen LogP contribution is 2.20. The quantitative estimate of drug-likeness (QED) is 0.787. The molecule has 1 aromatic carbocycles. The van der Waals surface area contributed by atoms with Crippen LogP contribution in [0.1, 0.15) is 18.3 Å². The number of hydrogen-bond acceptors (Lipinski definition) is 4. The van der Waals surface area contributed by atoms with Crippen LogP contribution in [0.25, 0.3) is 0 Å². The second-order valence-corrected chi connectivity index (χ2v) is 4.29. The third-order valence-electron chi connectivity index (χ3n) is 2.64. The smallest absolute Gasteiger partial charge is 0.217 e. The Labute approximate surface area is 117 Å². The molecule has 0 fully saturated rings. The van der Waals surface area contributed by atoms with E-state index in [1.54, 1.807) is 6.07 Å². The van der Waals surface area contributed by atoms with E-state index in [1.165, 1.54) is 7.11 Å². The average Bonchev–Trinajstić information content (AvgIpc) is 2.44. The van der Waals surface area contributed by atoms with E-state index in [2.05, 4.69) is 16.9 Å². The highest BCUT2D eigenvalue weighted by Gasteiger charge is 2.06. The molecule has 0 spiro atoms. The number of nitrogens with zero attached hydrogens (tertiary/aromatic N) is 2. The summed E-state index contributed by atoms with van der Waals surface area (Å²) >= 11 is 5.88. The number of para-hydroxylation sites is 1. The molecule has 0 atom stereocenters. The summed E-state index contributed by atoms with van der Waals surface area (Å²) in [7, 11) is 1.54. The van der Waals surface area contributed by atoms with Gasteiger partial charge in [0.2, 0.25) is 5.88 Å². The van der Waals surface area contributed by atoms with Crippen LogP contribution < -0.4 is 9.47 Å². The normalized spacial score (nSPS) is 10.3. The van der Waals surface area contributed by atoms with Gasteiger partial charge in [0.15, 0.2) is 5.82 Å². The SMILES string of the molecule is CCc1ccccc1OCc1nc(Cl)cc(OC)n1. The van der Waals surface area contributed by atoms with Crippen molar-refractivity contribution in [3.8, 4) is 11.6 Å². The van der Waals surface area contributed by atoms with Crippen molar-refractivity contribution in [2.45, 2.75) is 20.0 Å². The molecule has 0 aliphatic carbocycles. The van der Waals surface area contributed by atoms with Crippen molar-refractivity contribution in [2.75, 3.05) is 7.11 Å². The van der Waals surface area contributed by atoms with E-state index in [4.69, 9.17) is 21.1 Å². The first-order valence-corrected chi connectivity index (χ1v) is 6.39. The predicted molar refractivity (Wildman–Crippen MR) is 73.7 cm³/mol. The van der Waals surface area contributed by atoms with Crippen molar-refractivity contribution >= 4 is 11.6 Å². The lowest BCUT2D eigenvalue weighted by atomic mass is 10.1. The Morgan fingerprint density at radius 1 is 1.21 bits per heavy atom. The summed E-state index contributed by atoms with van der Waals surface area (Å²) in [6.07, 6.45) is 0.913. The third kappa shape index (κ3) is 3.58. The van der Waals surface area contributed by atoms with Crippen molar-refractivity contribution in [1.82, 2.24) is 9.97 Å². The Kier molecular flexibility index (Phi) is 4.58. The minimum Gasteiger partial charge on any atom is -0.485 e. The Hall–Kier alpha value is -1.81. The minimum absolute atomic E-state index is 0.258. The molecule has 0 N–H and O–H groups in total. The van der Waals surface area contributed by atoms with Gasteiger partial charge in [-0.2, -0.15) is 4.98 Å². The van der Waals surface area contributed by atoms with Crippen molar-refractivity contribution in [1.29, 1.82) is 0 Å². The number of aromatic nitrogens is 2. The van der Waals surface area contributed by atoms with Gasteiger partial charge in [0.25, 0.3) is 0 Å². The fourth-order valence-electron chi connectivity index (χ4n) is 1.69. The molecular weight excluding hydrogens is 264 g/mol. The maximum Gasteiger partial charge on any atom is 0.217 e. The number of ether oxygens (including phenoxy) is 2. The number of hydrogen-bond donors (Lipinski definition) is 0. The van der Waals surface area contributed by atoms with Crippen LogP contribution in [0.4, 0.5) is 0 Å². The molecule has 4 nitrogen and oxygen atoms in total. The first-order chi connectivity index (χ1) is 9.22. The molecular formula is C14H15ClN2O2. The van der Waals surface area contributed by atoms with E-state index in [1.807, 2.05) is 24.3 Å². The topological polar surface area (TPSA) is 44.2 Å². The molecule has 0 radical (unpaired) electrons. The van der Waals surface area contributed by atoms with Crippen molar-refractivity contribution in [3.63, 3.8) is 0 Å². The van der Waals surface area contributed by atoms with E-state index in [-0.39, 0.29) is 6.61 Å². The lowest BCUT2D eigenvalue weighted by molar-refractivity contribution is 0.289. The van der Waals surface area contributed by atoms with Crippen LogP contribution in [-0.2, 0) is 13.0 Å². The summed E-state index contributed by atoms with van der Waals surface area (Å²) in [6.45, 7) is 2.34. The summed E-state index contributed by atoms with van der Waals surface area (Å²) in [5, 5.41) is 0.342. The summed E-state index contributed by atoms with van der Waals surface area (Å²) in [5.74, 6) is 1.77. The van der Waals surface area contributed by atoms with Gasteiger partial charge in [0, 0.05) is 6.07 Å². The van der Waals surface area contributed by atoms with E-state index >= 15 is 0 Å². The Bertz CT molecular complexity index is 561. The third-order valence-corrected chi connectivity index (χ3v) is 2.83. The summed E-state index contributed by atoms with van der Waals surface area (Å²) in [4.78, 5) is 8.28. The van der Waals surface area contributed by atoms with Gasteiger partial charge in [-0.05, 0) is 18.1 Å². The summed E-state index contributed by atoms with van der Waals surface area (Å²) < 4.78 is 10.8. The molecule has 0 aliphatic rings. The molecule has 2 aromatic rings. The van der Waals surface area contributed by atoms with Crippen LogP contribution in [0.5, 0.6) is 11.6 Å². The van der Waals surface area contributed by atoms with Gasteiger partial charge in [-0.1, -0.05) is 36.7 Å². The van der Waals surface area contributed by atoms with Crippen LogP contribution >= 0.6 is 11.6 Å². The summed E-state index contributed by atoms with van der Waals surface area (Å²) in [6, 6.07) is 9.46. The molecule has 1 heterocycles. The maximum absolute atomic E-state index is 5.88. The molecule has 100 valence electrons. The highest BCUT2D eigenvalue weighted by molar-refractivity contribution is 6.29. The fourth-order valence-corrected chi connectivity index (χ4v) is 1.88. The number of rotatable bonds is 5. The first-order valence-electron chi connectivity index (χ1n) is 6.01. The Morgan fingerprint density at radius 3 is 2.74 bits per heavy atom. The second kappa shape index (κ2) is 6.38. The second-order valence-electron chi connectivity index (χ2n) is 3.90. The van der Waals surface area contributed by atoms with Gasteiger partial charge in [0.1, 0.15) is 17.5 Å². The Balaban J connectivity index is 2.12. The maximum atomic E-state index is 5.88. The molecule has 0 amide bonds. The van der Waals surface area contributed by atoms with E-state index in [0.29, 0.717) is 16.9 Å². The minimum atomic E-state index is 0.258. The molecule has 19 heavy (non-hydrogen) atoms. The molecule has 0 saturated carbocycles. The van der Waals surface area contributed by atoms with Crippen molar-refractivity contribution < 1.29 is 9.47 Å². The van der Waals surface area contributed by atoms with Crippen LogP contribution in [0.3, 0.4) is 0 Å². The van der Waals surface area contributed by atoms with E-state index in [9.17, 15) is 0 Å². The molecule has 0 unspecified atom stereocenters. The zero-order valence-corrected chi connectivity index (χ0v) is 11.6. The van der Waals surface area contributed by atoms with Gasteiger partial charge in [-0.3, -0.25) is 0 Å². The number of benzene rings is 1. The first kappa shape index (κ1) is 13.6. The zero-order valence-electron chi connectivity index (χ0n) is 10.9. The number of aryl methyl sites for hydroxylation is 1. The van der Waals surface area contributed by atoms with Crippen LogP contribution in [0.15, 0.2) is 30.3 Å². The lowest BCUT2D eigenvalue weighted by Crippen LogP contribution is -2.04. The van der Waals surface area contributed by atoms with Crippen LogP contribution in [0, 0.1) is 0 Å². The lowest BCUT2D eigenvalue weighted by Gasteiger charge is -2.10. The van der Waals surface area contributed by atoms with Gasteiger partial charge in [0.05, 0.1) is 7.11 Å². The fraction of sp³-hybridized carbons (Fsp3) is 0.286. The standard InChI is InChI=1S/C14H15ClN2O2/c1-3-10-6-4-5-7-11(10)19-9-13-16-12(15)8-14(17-13)18-2/h4-8H,3,9H2,1-2H3. The predicted octanol–water partition coefficient (Wildman–Crippen LogP) is 3.28. The largest absolute Gasteiger partial charge is 0.485 e. The number of halogens is 1. The van der Waals surface area contributed by atoms with E-state index in [0.717, 1.165) is 17.7 Å². The van der Waals surface area contributed by atoms with Gasteiger partial charge >= 0.3 is 0 Å². The van der Waals surface area contributed by atoms with Crippen LogP contribution in [-0.4, -0.2) is 17.1 Å². The summed E-state index contributed by atoms with van der Waals surface area (Å²) in [5.41, 5.74) is 1.15. The molecule has 0 aliphatic heterocycles. The molecule has 2 rings (SSSR count). The van der Waals surface area contributed by atoms with Crippen LogP contribution in [0.2, 0.25) is 5.15 Å². The molecule has 0 saturated heterocycles. The molecule has 5 heteroatoms. The highest BCUT2D eigenvalue weighted by atomic mass is 35.5. The average molecular weight is 279 g/mol. The van der Waals surface area contributed by atoms with Crippen molar-refractivity contribution in [2.24, 2.45) is 0 Å². The zero-order chi connectivity index (χ0) is 13.7. The van der Waals surface area contributed by atoms with Gasteiger partial charge in [-0.25, -0.2) is 4.98 Å². The van der Waals surface area contributed by atoms with Gasteiger partial charge < -0.3 is 9.47 Å². The molecule has 0 bridgehead atoms. The van der Waals surface area contributed by atoms with Crippen molar-refractivity contribution in [3.05, 3.63) is 46.9 Å².